The molecule has 1 aliphatic rings. The molecule has 19 heavy (non-hydrogen) atoms. The molecule has 1 rings (SSSR count). The monoisotopic (exact) mass is 271 g/mol. The molecule has 1 atom stereocenters. The Bertz CT molecular complexity index is 389. The highest BCUT2D eigenvalue weighted by molar-refractivity contribution is 5.88. The van der Waals surface area contributed by atoms with Crippen LogP contribution in [0.3, 0.4) is 0 Å². The van der Waals surface area contributed by atoms with Gasteiger partial charge in [0.15, 0.2) is 5.54 Å². The molecule has 1 N–H and O–H groups in total. The SMILES string of the molecule is CCCN(C(C)=O)C1(C(=O)O)CC(C)(C)OC1(C)C. The number of hydrogen-bond donors (Lipinski definition) is 1. The second-order valence-corrected chi connectivity index (χ2v) is 6.38. The molecule has 0 radical (unpaired) electrons. The van der Waals surface area contributed by atoms with E-state index < -0.39 is 22.7 Å². The van der Waals surface area contributed by atoms with Crippen molar-refractivity contribution in [1.29, 1.82) is 0 Å². The minimum atomic E-state index is -1.31. The van der Waals surface area contributed by atoms with Crippen molar-refractivity contribution in [2.45, 2.75) is 71.1 Å². The van der Waals surface area contributed by atoms with Crippen LogP contribution in [0, 0.1) is 0 Å². The van der Waals surface area contributed by atoms with Gasteiger partial charge in [-0.15, -0.1) is 0 Å². The summed E-state index contributed by atoms with van der Waals surface area (Å²) < 4.78 is 5.92. The Labute approximate surface area is 114 Å². The fraction of sp³-hybridized carbons (Fsp3) is 0.857. The van der Waals surface area contributed by atoms with Gasteiger partial charge in [-0.2, -0.15) is 0 Å². The van der Waals surface area contributed by atoms with Crippen molar-refractivity contribution in [3.8, 4) is 0 Å². The lowest BCUT2D eigenvalue weighted by molar-refractivity contribution is -0.172. The summed E-state index contributed by atoms with van der Waals surface area (Å²) in [7, 11) is 0. The third-order valence-corrected chi connectivity index (χ3v) is 3.85. The summed E-state index contributed by atoms with van der Waals surface area (Å²) in [6, 6.07) is 0. The van der Waals surface area contributed by atoms with E-state index in [-0.39, 0.29) is 5.91 Å². The molecule has 1 unspecified atom stereocenters. The zero-order valence-corrected chi connectivity index (χ0v) is 12.7. The van der Waals surface area contributed by atoms with Gasteiger partial charge in [0.05, 0.1) is 11.2 Å². The molecule has 5 nitrogen and oxygen atoms in total. The van der Waals surface area contributed by atoms with E-state index in [0.717, 1.165) is 0 Å². The Kier molecular flexibility index (Phi) is 4.01. The number of carbonyl (C=O) groups is 2. The fourth-order valence-corrected chi connectivity index (χ4v) is 3.35. The van der Waals surface area contributed by atoms with Gasteiger partial charge < -0.3 is 14.7 Å². The first-order valence-electron chi connectivity index (χ1n) is 6.72. The molecular formula is C14H25NO4. The van der Waals surface area contributed by atoms with Crippen molar-refractivity contribution in [2.24, 2.45) is 0 Å². The average molecular weight is 271 g/mol. The van der Waals surface area contributed by atoms with E-state index in [1.165, 1.54) is 11.8 Å². The van der Waals surface area contributed by atoms with Gasteiger partial charge in [-0.1, -0.05) is 6.92 Å². The van der Waals surface area contributed by atoms with Crippen molar-refractivity contribution in [3.05, 3.63) is 0 Å². The summed E-state index contributed by atoms with van der Waals surface area (Å²) in [4.78, 5) is 25.4. The Balaban J connectivity index is 3.39. The third-order valence-electron chi connectivity index (χ3n) is 3.85. The summed E-state index contributed by atoms with van der Waals surface area (Å²) in [5.74, 6) is -1.22. The molecule has 0 aromatic rings. The van der Waals surface area contributed by atoms with E-state index in [1.807, 2.05) is 20.8 Å². The maximum absolute atomic E-state index is 12.0. The van der Waals surface area contributed by atoms with Crippen LogP contribution in [0.5, 0.6) is 0 Å². The smallest absolute Gasteiger partial charge is 0.332 e. The predicted molar refractivity (Wildman–Crippen MR) is 71.9 cm³/mol. The molecule has 0 saturated carbocycles. The molecule has 0 aromatic carbocycles. The normalized spacial score (nSPS) is 28.1. The summed E-state index contributed by atoms with van der Waals surface area (Å²) >= 11 is 0. The maximum Gasteiger partial charge on any atom is 0.332 e. The van der Waals surface area contributed by atoms with Crippen LogP contribution in [0.1, 0.15) is 54.4 Å². The standard InChI is InChI=1S/C14H25NO4/c1-7-8-15(10(2)16)14(11(17)18)9-12(3,4)19-13(14,5)6/h7-9H2,1-6H3,(H,17,18). The topological polar surface area (TPSA) is 66.8 Å². The number of hydrogen-bond acceptors (Lipinski definition) is 3. The first kappa shape index (κ1) is 16.0. The van der Waals surface area contributed by atoms with Crippen LogP contribution in [0.2, 0.25) is 0 Å². The second kappa shape index (κ2) is 4.78. The number of carbonyl (C=O) groups excluding carboxylic acids is 1. The van der Waals surface area contributed by atoms with Gasteiger partial charge in [-0.25, -0.2) is 4.79 Å². The van der Waals surface area contributed by atoms with Crippen LogP contribution in [-0.2, 0) is 14.3 Å². The van der Waals surface area contributed by atoms with Crippen LogP contribution in [-0.4, -0.2) is 45.2 Å². The van der Waals surface area contributed by atoms with Crippen LogP contribution < -0.4 is 0 Å². The van der Waals surface area contributed by atoms with Gasteiger partial charge in [0.2, 0.25) is 5.91 Å². The lowest BCUT2D eigenvalue weighted by atomic mass is 9.77. The summed E-state index contributed by atoms with van der Waals surface area (Å²) in [6.45, 7) is 11.0. The first-order chi connectivity index (χ1) is 8.50. The molecule has 0 bridgehead atoms. The Morgan fingerprint density at radius 3 is 2.05 bits per heavy atom. The maximum atomic E-state index is 12.0. The molecule has 0 spiro atoms. The number of ether oxygens (including phenoxy) is 1. The quantitative estimate of drug-likeness (QED) is 0.849. The molecule has 0 aliphatic carbocycles. The molecule has 5 heteroatoms. The highest BCUT2D eigenvalue weighted by Crippen LogP contribution is 2.48. The molecule has 1 fully saturated rings. The molecule has 1 heterocycles. The molecule has 1 aliphatic heterocycles. The Hall–Kier alpha value is -1.10. The van der Waals surface area contributed by atoms with Gasteiger partial charge >= 0.3 is 5.97 Å². The minimum absolute atomic E-state index is 0.223. The lowest BCUT2D eigenvalue weighted by Gasteiger charge is -2.44. The van der Waals surface area contributed by atoms with Crippen LogP contribution in [0.25, 0.3) is 0 Å². The zero-order chi connectivity index (χ0) is 15.1. The van der Waals surface area contributed by atoms with Gasteiger partial charge in [0.1, 0.15) is 0 Å². The van der Waals surface area contributed by atoms with E-state index in [4.69, 9.17) is 4.74 Å². The molecule has 1 amide bonds. The van der Waals surface area contributed by atoms with Crippen molar-refractivity contribution < 1.29 is 19.4 Å². The van der Waals surface area contributed by atoms with Crippen molar-refractivity contribution >= 4 is 11.9 Å². The minimum Gasteiger partial charge on any atom is -0.479 e. The lowest BCUT2D eigenvalue weighted by Crippen LogP contribution is -2.65. The summed E-state index contributed by atoms with van der Waals surface area (Å²) in [6.07, 6.45) is 1.01. The van der Waals surface area contributed by atoms with Crippen molar-refractivity contribution in [2.75, 3.05) is 6.54 Å². The third kappa shape index (κ3) is 2.48. The van der Waals surface area contributed by atoms with E-state index >= 15 is 0 Å². The van der Waals surface area contributed by atoms with Crippen LogP contribution in [0.15, 0.2) is 0 Å². The van der Waals surface area contributed by atoms with Gasteiger partial charge in [-0.05, 0) is 34.1 Å². The number of aliphatic carboxylic acids is 1. The van der Waals surface area contributed by atoms with Gasteiger partial charge in [-0.3, -0.25) is 4.79 Å². The van der Waals surface area contributed by atoms with E-state index in [1.54, 1.807) is 13.8 Å². The number of carboxylic acid groups (broad SMARTS) is 1. The number of carboxylic acids is 1. The zero-order valence-electron chi connectivity index (χ0n) is 12.7. The molecular weight excluding hydrogens is 246 g/mol. The highest BCUT2D eigenvalue weighted by atomic mass is 16.5. The summed E-state index contributed by atoms with van der Waals surface area (Å²) in [5, 5.41) is 9.80. The van der Waals surface area contributed by atoms with Crippen LogP contribution >= 0.6 is 0 Å². The highest BCUT2D eigenvalue weighted by Gasteiger charge is 2.65. The predicted octanol–water partition coefficient (Wildman–Crippen LogP) is 2.05. The van der Waals surface area contributed by atoms with E-state index in [0.29, 0.717) is 19.4 Å². The number of nitrogens with zero attached hydrogens (tertiary/aromatic N) is 1. The first-order valence-corrected chi connectivity index (χ1v) is 6.72. The van der Waals surface area contributed by atoms with Crippen LogP contribution in [0.4, 0.5) is 0 Å². The average Bonchev–Trinajstić information content (AvgIpc) is 2.39. The van der Waals surface area contributed by atoms with E-state index in [2.05, 4.69) is 0 Å². The second-order valence-electron chi connectivity index (χ2n) is 6.38. The van der Waals surface area contributed by atoms with E-state index in [9.17, 15) is 14.7 Å². The van der Waals surface area contributed by atoms with Crippen molar-refractivity contribution in [3.63, 3.8) is 0 Å². The Morgan fingerprint density at radius 2 is 1.79 bits per heavy atom. The molecule has 0 aromatic heterocycles. The van der Waals surface area contributed by atoms with Gasteiger partial charge in [0.25, 0.3) is 0 Å². The Morgan fingerprint density at radius 1 is 1.26 bits per heavy atom. The molecule has 110 valence electrons. The number of rotatable bonds is 4. The largest absolute Gasteiger partial charge is 0.479 e. The number of amides is 1. The molecule has 1 saturated heterocycles. The summed E-state index contributed by atoms with van der Waals surface area (Å²) in [5.41, 5.74) is -2.80. The van der Waals surface area contributed by atoms with Gasteiger partial charge in [0, 0.05) is 19.9 Å². The van der Waals surface area contributed by atoms with Crippen molar-refractivity contribution in [1.82, 2.24) is 4.90 Å². The fourth-order valence-electron chi connectivity index (χ4n) is 3.35.